The zero-order valence-electron chi connectivity index (χ0n) is 25.9. The quantitative estimate of drug-likeness (QED) is 0.101. The summed E-state index contributed by atoms with van der Waals surface area (Å²) in [6, 6.07) is 4.53. The SMILES string of the molecule is CC(F)(F)c1ncncc1-c1nc2cc(F)c(F)cc2n1C1CC1.CC(F)(F)c1ncncc1C=O.Nc1cc(F)c(F)cc1NC1CC1. The molecule has 0 bridgehead atoms. The molecule has 17 heteroatoms. The molecule has 0 radical (unpaired) electrons. The fourth-order valence-electron chi connectivity index (χ4n) is 4.75. The Morgan fingerprint density at radius 2 is 1.39 bits per heavy atom. The molecule has 2 aromatic carbocycles. The number of carbonyl (C=O) groups is 1. The lowest BCUT2D eigenvalue weighted by Crippen LogP contribution is -2.13. The number of hydrogen-bond donors (Lipinski definition) is 2. The molecular formula is C32H28F8N8O. The molecule has 49 heavy (non-hydrogen) atoms. The summed E-state index contributed by atoms with van der Waals surface area (Å²) in [4.78, 5) is 28.8. The van der Waals surface area contributed by atoms with Gasteiger partial charge in [-0.25, -0.2) is 42.5 Å². The van der Waals surface area contributed by atoms with Crippen molar-refractivity contribution in [3.05, 3.63) is 89.5 Å². The van der Waals surface area contributed by atoms with Gasteiger partial charge in [-0.15, -0.1) is 0 Å². The van der Waals surface area contributed by atoms with Gasteiger partial charge in [0.2, 0.25) is 0 Å². The molecule has 2 aliphatic carbocycles. The largest absolute Gasteiger partial charge is 0.397 e. The fraction of sp³-hybridized carbons (Fsp3) is 0.312. The number of aldehydes is 1. The lowest BCUT2D eigenvalue weighted by Gasteiger charge is -2.14. The van der Waals surface area contributed by atoms with Crippen LogP contribution in [0.2, 0.25) is 0 Å². The molecule has 7 rings (SSSR count). The number of aromatic nitrogens is 6. The van der Waals surface area contributed by atoms with Crippen LogP contribution in [0, 0.1) is 23.3 Å². The molecule has 3 N–H and O–H groups in total. The first-order valence-corrected chi connectivity index (χ1v) is 14.8. The Balaban J connectivity index is 0.000000158. The van der Waals surface area contributed by atoms with Gasteiger partial charge in [0.1, 0.15) is 29.9 Å². The summed E-state index contributed by atoms with van der Waals surface area (Å²) in [5.74, 6) is -9.88. The number of carbonyl (C=O) groups excluding carboxylic acids is 1. The van der Waals surface area contributed by atoms with Crippen molar-refractivity contribution in [2.45, 2.75) is 63.5 Å². The van der Waals surface area contributed by atoms with Gasteiger partial charge in [-0.1, -0.05) is 0 Å². The Labute approximate surface area is 273 Å². The van der Waals surface area contributed by atoms with Gasteiger partial charge in [-0.3, -0.25) is 4.79 Å². The van der Waals surface area contributed by atoms with Crippen LogP contribution in [0.15, 0.2) is 49.3 Å². The number of hydrogen-bond acceptors (Lipinski definition) is 8. The van der Waals surface area contributed by atoms with E-state index in [2.05, 4.69) is 30.2 Å². The number of anilines is 2. The minimum Gasteiger partial charge on any atom is -0.397 e. The lowest BCUT2D eigenvalue weighted by molar-refractivity contribution is 0.0116. The second kappa shape index (κ2) is 13.7. The molecule has 258 valence electrons. The number of alkyl halides is 4. The second-order valence-corrected chi connectivity index (χ2v) is 11.6. The van der Waals surface area contributed by atoms with Gasteiger partial charge in [0, 0.05) is 62.6 Å². The Kier molecular flexibility index (Phi) is 9.83. The summed E-state index contributed by atoms with van der Waals surface area (Å²) in [7, 11) is 0. The average molecular weight is 693 g/mol. The molecule has 3 heterocycles. The van der Waals surface area contributed by atoms with Crippen LogP contribution in [0.3, 0.4) is 0 Å². The predicted molar refractivity (Wildman–Crippen MR) is 163 cm³/mol. The van der Waals surface area contributed by atoms with Crippen LogP contribution in [0.5, 0.6) is 0 Å². The van der Waals surface area contributed by atoms with Crippen LogP contribution in [0.1, 0.15) is 67.3 Å². The van der Waals surface area contributed by atoms with Crippen LogP contribution in [-0.4, -0.2) is 41.8 Å². The number of nitrogen functional groups attached to an aromatic ring is 1. The average Bonchev–Trinajstić information content (AvgIpc) is 3.99. The first-order valence-electron chi connectivity index (χ1n) is 14.8. The van der Waals surface area contributed by atoms with E-state index in [1.807, 2.05) is 0 Å². The molecule has 0 unspecified atom stereocenters. The number of nitrogens with zero attached hydrogens (tertiary/aromatic N) is 6. The molecular weight excluding hydrogens is 664 g/mol. The van der Waals surface area contributed by atoms with Crippen molar-refractivity contribution in [1.82, 2.24) is 29.5 Å². The molecule has 9 nitrogen and oxygen atoms in total. The third kappa shape index (κ3) is 8.26. The van der Waals surface area contributed by atoms with Crippen molar-refractivity contribution in [2.24, 2.45) is 0 Å². The van der Waals surface area contributed by atoms with E-state index in [0.717, 1.165) is 75.7 Å². The summed E-state index contributed by atoms with van der Waals surface area (Å²) in [5, 5.41) is 3.02. The molecule has 3 aromatic heterocycles. The Bertz CT molecular complexity index is 1990. The summed E-state index contributed by atoms with van der Waals surface area (Å²) in [6.45, 7) is 1.42. The van der Waals surface area contributed by atoms with Gasteiger partial charge in [0.25, 0.3) is 11.8 Å². The van der Waals surface area contributed by atoms with Crippen LogP contribution < -0.4 is 11.1 Å². The Morgan fingerprint density at radius 3 is 1.96 bits per heavy atom. The third-order valence-electron chi connectivity index (χ3n) is 7.33. The molecule has 0 atom stereocenters. The van der Waals surface area contributed by atoms with Crippen LogP contribution >= 0.6 is 0 Å². The van der Waals surface area contributed by atoms with E-state index >= 15 is 0 Å². The maximum absolute atomic E-state index is 13.9. The van der Waals surface area contributed by atoms with Crippen molar-refractivity contribution in [1.29, 1.82) is 0 Å². The Hall–Kier alpha value is -5.22. The lowest BCUT2D eigenvalue weighted by atomic mass is 10.1. The van der Waals surface area contributed by atoms with Gasteiger partial charge in [0.05, 0.1) is 33.5 Å². The van der Waals surface area contributed by atoms with Crippen LogP contribution in [-0.2, 0) is 11.8 Å². The zero-order chi connectivity index (χ0) is 35.7. The van der Waals surface area contributed by atoms with Crippen molar-refractivity contribution in [3.8, 4) is 11.4 Å². The van der Waals surface area contributed by atoms with Crippen LogP contribution in [0.4, 0.5) is 46.5 Å². The Morgan fingerprint density at radius 1 is 0.816 bits per heavy atom. The molecule has 2 saturated carbocycles. The number of nitrogens with one attached hydrogen (secondary N) is 1. The van der Waals surface area contributed by atoms with Crippen molar-refractivity contribution in [2.75, 3.05) is 11.1 Å². The zero-order valence-corrected chi connectivity index (χ0v) is 25.9. The van der Waals surface area contributed by atoms with Crippen molar-refractivity contribution >= 4 is 28.7 Å². The smallest absolute Gasteiger partial charge is 0.287 e. The molecule has 0 aliphatic heterocycles. The molecule has 0 saturated heterocycles. The number of fused-ring (bicyclic) bond motifs is 1. The molecule has 0 amide bonds. The minimum atomic E-state index is -3.19. The second-order valence-electron chi connectivity index (χ2n) is 11.6. The highest BCUT2D eigenvalue weighted by molar-refractivity contribution is 5.82. The topological polar surface area (TPSA) is 124 Å². The van der Waals surface area contributed by atoms with Crippen molar-refractivity contribution < 1.29 is 39.9 Å². The summed E-state index contributed by atoms with van der Waals surface area (Å²) >= 11 is 0. The molecule has 0 spiro atoms. The van der Waals surface area contributed by atoms with E-state index in [4.69, 9.17) is 5.73 Å². The van der Waals surface area contributed by atoms with E-state index in [9.17, 15) is 39.9 Å². The van der Waals surface area contributed by atoms with E-state index in [1.54, 1.807) is 4.57 Å². The molecule has 5 aromatic rings. The number of imidazole rings is 1. The minimum absolute atomic E-state index is 0.0217. The highest BCUT2D eigenvalue weighted by atomic mass is 19.3. The number of halogens is 8. The van der Waals surface area contributed by atoms with E-state index < -0.39 is 46.5 Å². The van der Waals surface area contributed by atoms with Gasteiger partial charge in [-0.05, 0) is 25.7 Å². The third-order valence-corrected chi connectivity index (χ3v) is 7.33. The normalized spacial score (nSPS) is 14.4. The first-order chi connectivity index (χ1) is 23.1. The monoisotopic (exact) mass is 692 g/mol. The van der Waals surface area contributed by atoms with E-state index in [-0.39, 0.29) is 34.2 Å². The first kappa shape index (κ1) is 35.1. The standard InChI is InChI=1S/C16H12F4N4.C9H10F2N2.C7H6F2N2O/c1-16(19,20)14-9(6-21-7-22-14)15-23-12-4-10(17)11(18)5-13(12)24(15)8-2-3-8;10-6-3-8(12)9(4-7(6)11)13-5-1-2-5;1-7(8,9)6-5(3-12)2-10-4-11-6/h4-8H,2-3H2,1H3;3-5,13H,1-2,12H2;2-4H,1H3. The summed E-state index contributed by atoms with van der Waals surface area (Å²) in [6.07, 6.45) is 8.44. The summed E-state index contributed by atoms with van der Waals surface area (Å²) < 4.78 is 107. The molecule has 2 fully saturated rings. The van der Waals surface area contributed by atoms with Gasteiger partial charge in [-0.2, -0.15) is 17.6 Å². The maximum Gasteiger partial charge on any atom is 0.287 e. The molecule has 2 aliphatic rings. The predicted octanol–water partition coefficient (Wildman–Crippen LogP) is 7.74. The maximum atomic E-state index is 13.9. The number of benzene rings is 2. The number of rotatable bonds is 7. The van der Waals surface area contributed by atoms with E-state index in [0.29, 0.717) is 30.5 Å². The fourth-order valence-corrected chi connectivity index (χ4v) is 4.75. The van der Waals surface area contributed by atoms with Gasteiger partial charge >= 0.3 is 0 Å². The van der Waals surface area contributed by atoms with Gasteiger partial charge < -0.3 is 15.6 Å². The number of nitrogens with two attached hydrogens (primary N) is 1. The highest BCUT2D eigenvalue weighted by Gasteiger charge is 2.35. The summed E-state index contributed by atoms with van der Waals surface area (Å²) in [5.41, 5.74) is 5.72. The van der Waals surface area contributed by atoms with Gasteiger partial charge in [0.15, 0.2) is 29.6 Å². The highest BCUT2D eigenvalue weighted by Crippen LogP contribution is 2.43. The van der Waals surface area contributed by atoms with E-state index in [1.165, 1.54) is 6.20 Å². The van der Waals surface area contributed by atoms with Crippen LogP contribution in [0.25, 0.3) is 22.4 Å². The van der Waals surface area contributed by atoms with Crippen molar-refractivity contribution in [3.63, 3.8) is 0 Å².